The fourth-order valence-corrected chi connectivity index (χ4v) is 2.21. The third-order valence-corrected chi connectivity index (χ3v) is 3.34. The molecule has 1 N–H and O–H groups in total. The molecule has 0 aliphatic rings. The summed E-state index contributed by atoms with van der Waals surface area (Å²) in [5.41, 5.74) is 1.65. The van der Waals surface area contributed by atoms with Crippen LogP contribution < -0.4 is 4.74 Å². The van der Waals surface area contributed by atoms with Crippen molar-refractivity contribution in [2.45, 2.75) is 20.0 Å². The van der Waals surface area contributed by atoms with E-state index in [1.807, 2.05) is 13.0 Å². The molecule has 0 aliphatic carbocycles. The van der Waals surface area contributed by atoms with Crippen LogP contribution in [0.25, 0.3) is 11.1 Å². The summed E-state index contributed by atoms with van der Waals surface area (Å²) < 4.78 is 44.1. The van der Waals surface area contributed by atoms with Gasteiger partial charge in [0.1, 0.15) is 5.75 Å². The average molecular weight is 324 g/mol. The molecule has 6 heteroatoms. The molecule has 0 radical (unpaired) electrons. The topological polar surface area (TPSA) is 46.5 Å². The molecular formula is C17H15F3O3. The largest absolute Gasteiger partial charge is 0.481 e. The van der Waals surface area contributed by atoms with Crippen molar-refractivity contribution < 1.29 is 27.8 Å². The predicted molar refractivity (Wildman–Crippen MR) is 79.5 cm³/mol. The second kappa shape index (κ2) is 6.32. The van der Waals surface area contributed by atoms with Crippen LogP contribution in [0.4, 0.5) is 13.2 Å². The number of hydrogen-bond acceptors (Lipinski definition) is 2. The summed E-state index contributed by atoms with van der Waals surface area (Å²) in [6.45, 7) is 2.98. The van der Waals surface area contributed by atoms with Crippen LogP contribution in [0.15, 0.2) is 36.4 Å². The Morgan fingerprint density at radius 2 is 1.78 bits per heavy atom. The number of aliphatic carboxylic acids is 1. The Morgan fingerprint density at radius 3 is 2.39 bits per heavy atom. The zero-order valence-corrected chi connectivity index (χ0v) is 12.6. The number of hydrogen-bond donors (Lipinski definition) is 1. The molecule has 2 aromatic carbocycles. The van der Waals surface area contributed by atoms with Crippen molar-refractivity contribution in [2.75, 3.05) is 6.61 Å². The maximum atomic E-state index is 13.0. The van der Waals surface area contributed by atoms with Gasteiger partial charge in [-0.05, 0) is 43.2 Å². The molecule has 0 aromatic heterocycles. The van der Waals surface area contributed by atoms with Crippen molar-refractivity contribution in [3.8, 4) is 16.9 Å². The lowest BCUT2D eigenvalue weighted by atomic mass is 9.96. The van der Waals surface area contributed by atoms with Gasteiger partial charge < -0.3 is 9.84 Å². The Morgan fingerprint density at radius 1 is 1.09 bits per heavy atom. The smallest absolute Gasteiger partial charge is 0.416 e. The lowest BCUT2D eigenvalue weighted by Gasteiger charge is -2.16. The van der Waals surface area contributed by atoms with Gasteiger partial charge in [-0.3, -0.25) is 0 Å². The molecule has 0 aliphatic heterocycles. The Balaban J connectivity index is 2.60. The van der Waals surface area contributed by atoms with E-state index in [9.17, 15) is 18.0 Å². The second-order valence-corrected chi connectivity index (χ2v) is 5.21. The van der Waals surface area contributed by atoms with Gasteiger partial charge in [-0.25, -0.2) is 4.79 Å². The zero-order valence-electron chi connectivity index (χ0n) is 12.6. The Bertz CT molecular complexity index is 736. The Labute approximate surface area is 131 Å². The molecular weight excluding hydrogens is 309 g/mol. The minimum Gasteiger partial charge on any atom is -0.481 e. The number of halogens is 3. The number of benzene rings is 2. The van der Waals surface area contributed by atoms with E-state index in [1.165, 1.54) is 0 Å². The van der Waals surface area contributed by atoms with Gasteiger partial charge in [-0.1, -0.05) is 23.8 Å². The summed E-state index contributed by atoms with van der Waals surface area (Å²) in [5.74, 6) is -1.09. The number of carboxylic acids is 1. The van der Waals surface area contributed by atoms with Gasteiger partial charge in [-0.15, -0.1) is 0 Å². The Kier molecular flexibility index (Phi) is 4.63. The summed E-state index contributed by atoms with van der Waals surface area (Å²) in [6.07, 6.45) is -4.49. The van der Waals surface area contributed by atoms with Crippen LogP contribution in [0.2, 0.25) is 0 Å². The van der Waals surface area contributed by atoms with E-state index in [4.69, 9.17) is 9.84 Å². The van der Waals surface area contributed by atoms with Crippen molar-refractivity contribution in [1.29, 1.82) is 0 Å². The van der Waals surface area contributed by atoms with Gasteiger partial charge in [0.05, 0.1) is 5.56 Å². The van der Waals surface area contributed by atoms with Gasteiger partial charge in [0.25, 0.3) is 0 Å². The molecule has 0 spiro atoms. The highest BCUT2D eigenvalue weighted by molar-refractivity contribution is 5.75. The number of ether oxygens (including phenoxy) is 1. The Hall–Kier alpha value is -2.50. The van der Waals surface area contributed by atoms with E-state index < -0.39 is 24.3 Å². The highest BCUT2D eigenvalue weighted by Gasteiger charge is 2.31. The molecule has 2 aromatic rings. The minimum absolute atomic E-state index is 0.106. The molecule has 3 nitrogen and oxygen atoms in total. The normalized spacial score (nSPS) is 11.3. The van der Waals surface area contributed by atoms with Crippen molar-refractivity contribution >= 4 is 5.97 Å². The number of rotatable bonds is 4. The number of carbonyl (C=O) groups is 1. The van der Waals surface area contributed by atoms with Crippen molar-refractivity contribution in [1.82, 2.24) is 0 Å². The molecule has 0 fully saturated rings. The molecule has 122 valence electrons. The summed E-state index contributed by atoms with van der Waals surface area (Å²) >= 11 is 0. The number of alkyl halides is 3. The minimum atomic E-state index is -4.49. The van der Waals surface area contributed by atoms with E-state index in [0.29, 0.717) is 5.56 Å². The van der Waals surface area contributed by atoms with Gasteiger partial charge >= 0.3 is 12.1 Å². The molecule has 0 bridgehead atoms. The van der Waals surface area contributed by atoms with E-state index in [2.05, 4.69) is 0 Å². The van der Waals surface area contributed by atoms with Crippen LogP contribution in [0.3, 0.4) is 0 Å². The first kappa shape index (κ1) is 16.9. The maximum absolute atomic E-state index is 13.0. The second-order valence-electron chi connectivity index (χ2n) is 5.21. The SMILES string of the molecule is Cc1ccc(C)c(-c2cc(C(F)(F)F)ccc2OCC(=O)O)c1. The van der Waals surface area contributed by atoms with E-state index >= 15 is 0 Å². The fraction of sp³-hybridized carbons (Fsp3) is 0.235. The van der Waals surface area contributed by atoms with Crippen molar-refractivity contribution in [3.63, 3.8) is 0 Å². The molecule has 0 saturated heterocycles. The van der Waals surface area contributed by atoms with Gasteiger partial charge in [-0.2, -0.15) is 13.2 Å². The lowest BCUT2D eigenvalue weighted by molar-refractivity contribution is -0.140. The number of carboxylic acid groups (broad SMARTS) is 1. The monoisotopic (exact) mass is 324 g/mol. The molecule has 2 rings (SSSR count). The fourth-order valence-electron chi connectivity index (χ4n) is 2.21. The van der Waals surface area contributed by atoms with Gasteiger partial charge in [0.2, 0.25) is 0 Å². The third-order valence-electron chi connectivity index (χ3n) is 3.34. The summed E-state index contributed by atoms with van der Waals surface area (Å²) in [5, 5.41) is 8.71. The van der Waals surface area contributed by atoms with Gasteiger partial charge in [0.15, 0.2) is 6.61 Å². The molecule has 23 heavy (non-hydrogen) atoms. The van der Waals surface area contributed by atoms with E-state index in [1.54, 1.807) is 19.1 Å². The van der Waals surface area contributed by atoms with Crippen LogP contribution >= 0.6 is 0 Å². The zero-order chi connectivity index (χ0) is 17.2. The van der Waals surface area contributed by atoms with Crippen LogP contribution in [0.1, 0.15) is 16.7 Å². The highest BCUT2D eigenvalue weighted by atomic mass is 19.4. The van der Waals surface area contributed by atoms with Crippen LogP contribution in [0.5, 0.6) is 5.75 Å². The van der Waals surface area contributed by atoms with E-state index in [-0.39, 0.29) is 11.3 Å². The predicted octanol–water partition coefficient (Wildman–Crippen LogP) is 4.45. The summed E-state index contributed by atoms with van der Waals surface area (Å²) in [7, 11) is 0. The quantitative estimate of drug-likeness (QED) is 0.903. The summed E-state index contributed by atoms with van der Waals surface area (Å²) in [4.78, 5) is 10.7. The van der Waals surface area contributed by atoms with E-state index in [0.717, 1.165) is 29.3 Å². The molecule has 0 amide bonds. The summed E-state index contributed by atoms with van der Waals surface area (Å²) in [6, 6.07) is 8.42. The van der Waals surface area contributed by atoms with Crippen molar-refractivity contribution in [2.24, 2.45) is 0 Å². The first-order valence-electron chi connectivity index (χ1n) is 6.82. The molecule has 0 unspecified atom stereocenters. The highest BCUT2D eigenvalue weighted by Crippen LogP contribution is 2.38. The first-order valence-corrected chi connectivity index (χ1v) is 6.82. The maximum Gasteiger partial charge on any atom is 0.416 e. The van der Waals surface area contributed by atoms with Crippen LogP contribution in [0, 0.1) is 13.8 Å². The molecule has 0 heterocycles. The standard InChI is InChI=1S/C17H15F3O3/c1-10-3-4-11(2)13(7-10)14-8-12(17(18,19)20)5-6-15(14)23-9-16(21)22/h3-8H,9H2,1-2H3,(H,21,22). The number of aryl methyl sites for hydroxylation is 2. The first-order chi connectivity index (χ1) is 10.7. The molecule has 0 atom stereocenters. The lowest BCUT2D eigenvalue weighted by Crippen LogP contribution is -2.11. The van der Waals surface area contributed by atoms with Crippen LogP contribution in [-0.2, 0) is 11.0 Å². The third kappa shape index (κ3) is 4.03. The van der Waals surface area contributed by atoms with Crippen molar-refractivity contribution in [3.05, 3.63) is 53.1 Å². The average Bonchev–Trinajstić information content (AvgIpc) is 2.46. The van der Waals surface area contributed by atoms with Gasteiger partial charge in [0, 0.05) is 5.56 Å². The molecule has 0 saturated carbocycles. The van der Waals surface area contributed by atoms with Crippen LogP contribution in [-0.4, -0.2) is 17.7 Å².